The topological polar surface area (TPSA) is 54.4 Å². The lowest BCUT2D eigenvalue weighted by molar-refractivity contribution is -0.137. The van der Waals surface area contributed by atoms with Gasteiger partial charge in [-0.2, -0.15) is 0 Å². The van der Waals surface area contributed by atoms with Gasteiger partial charge in [-0.3, -0.25) is 4.79 Å². The van der Waals surface area contributed by atoms with Gasteiger partial charge in [0.1, 0.15) is 6.29 Å². The van der Waals surface area contributed by atoms with Crippen molar-refractivity contribution < 1.29 is 14.7 Å². The van der Waals surface area contributed by atoms with E-state index in [1.807, 2.05) is 13.8 Å². The van der Waals surface area contributed by atoms with Gasteiger partial charge >= 0.3 is 5.97 Å². The average molecular weight is 160 g/mol. The van der Waals surface area contributed by atoms with Crippen LogP contribution in [0.25, 0.3) is 0 Å². The summed E-state index contributed by atoms with van der Waals surface area (Å²) >= 11 is 0. The van der Waals surface area contributed by atoms with Crippen molar-refractivity contribution >= 4 is 12.3 Å². The summed E-state index contributed by atoms with van der Waals surface area (Å²) < 4.78 is 0. The maximum absolute atomic E-state index is 9.60. The molecule has 0 rings (SSSR count). The summed E-state index contributed by atoms with van der Waals surface area (Å²) in [7, 11) is 0. The first-order valence-corrected chi connectivity index (χ1v) is 3.84. The smallest absolute Gasteiger partial charge is 0.303 e. The van der Waals surface area contributed by atoms with Crippen LogP contribution in [0.5, 0.6) is 0 Å². The summed E-state index contributed by atoms with van der Waals surface area (Å²) in [6.07, 6.45) is 3.64. The molecule has 0 aromatic heterocycles. The zero-order chi connectivity index (χ0) is 9.11. The van der Waals surface area contributed by atoms with Crippen LogP contribution in [-0.2, 0) is 9.59 Å². The van der Waals surface area contributed by atoms with E-state index >= 15 is 0 Å². The fraction of sp³-hybridized carbons (Fsp3) is 0.750. The zero-order valence-corrected chi connectivity index (χ0v) is 7.17. The molecule has 0 saturated carbocycles. The largest absolute Gasteiger partial charge is 0.481 e. The van der Waals surface area contributed by atoms with E-state index in [0.29, 0.717) is 12.8 Å². The number of carboxylic acids is 1. The lowest BCUT2D eigenvalue weighted by Gasteiger charge is -1.79. The number of unbranched alkanes of at least 4 members (excludes halogenated alkanes) is 1. The number of hydrogen-bond acceptors (Lipinski definition) is 2. The first-order chi connectivity index (χ1) is 5.18. The summed E-state index contributed by atoms with van der Waals surface area (Å²) in [5, 5.41) is 7.91. The third kappa shape index (κ3) is 27.2. The summed E-state index contributed by atoms with van der Waals surface area (Å²) in [6.45, 7) is 3.82. The number of aliphatic carboxylic acids is 1. The van der Waals surface area contributed by atoms with Crippen molar-refractivity contribution in [2.75, 3.05) is 0 Å². The van der Waals surface area contributed by atoms with E-state index in [2.05, 4.69) is 0 Å². The number of aldehydes is 1. The van der Waals surface area contributed by atoms with Crippen LogP contribution < -0.4 is 0 Å². The van der Waals surface area contributed by atoms with Gasteiger partial charge in [-0.05, 0) is 12.8 Å². The van der Waals surface area contributed by atoms with Gasteiger partial charge < -0.3 is 9.90 Å². The van der Waals surface area contributed by atoms with Crippen LogP contribution in [0.15, 0.2) is 0 Å². The molecule has 0 amide bonds. The molecule has 0 saturated heterocycles. The Morgan fingerprint density at radius 2 is 1.91 bits per heavy atom. The molecular weight excluding hydrogens is 144 g/mol. The maximum atomic E-state index is 9.60. The molecule has 0 fully saturated rings. The van der Waals surface area contributed by atoms with E-state index in [0.717, 1.165) is 19.1 Å². The second-order valence-electron chi connectivity index (χ2n) is 2.10. The quantitative estimate of drug-likeness (QED) is 0.638. The minimum Gasteiger partial charge on any atom is -0.481 e. The van der Waals surface area contributed by atoms with Crippen molar-refractivity contribution in [3.63, 3.8) is 0 Å². The number of hydrogen-bond donors (Lipinski definition) is 1. The summed E-state index contributed by atoms with van der Waals surface area (Å²) in [4.78, 5) is 19.0. The van der Waals surface area contributed by atoms with Gasteiger partial charge in [0.15, 0.2) is 0 Å². The fourth-order valence-corrected chi connectivity index (χ4v) is 0.332. The SMILES string of the molecule is CCCC(=O)O.CCCC=O. The van der Waals surface area contributed by atoms with E-state index in [1.165, 1.54) is 0 Å². The molecule has 0 atom stereocenters. The molecule has 0 spiro atoms. The van der Waals surface area contributed by atoms with Crippen LogP contribution in [0.3, 0.4) is 0 Å². The van der Waals surface area contributed by atoms with Crippen molar-refractivity contribution in [3.05, 3.63) is 0 Å². The minimum atomic E-state index is -0.711. The van der Waals surface area contributed by atoms with Crippen molar-refractivity contribution in [2.24, 2.45) is 0 Å². The van der Waals surface area contributed by atoms with Crippen LogP contribution >= 0.6 is 0 Å². The van der Waals surface area contributed by atoms with Crippen molar-refractivity contribution in [3.8, 4) is 0 Å². The first-order valence-electron chi connectivity index (χ1n) is 3.84. The van der Waals surface area contributed by atoms with Crippen molar-refractivity contribution in [2.45, 2.75) is 39.5 Å². The predicted octanol–water partition coefficient (Wildman–Crippen LogP) is 1.86. The number of rotatable bonds is 4. The second-order valence-corrected chi connectivity index (χ2v) is 2.10. The highest BCUT2D eigenvalue weighted by atomic mass is 16.4. The summed E-state index contributed by atoms with van der Waals surface area (Å²) in [5.41, 5.74) is 0. The Bertz CT molecular complexity index is 99.5. The van der Waals surface area contributed by atoms with Gasteiger partial charge in [0, 0.05) is 12.8 Å². The Kier molecular flexibility index (Phi) is 13.8. The van der Waals surface area contributed by atoms with Gasteiger partial charge in [-0.15, -0.1) is 0 Å². The van der Waals surface area contributed by atoms with E-state index in [4.69, 9.17) is 5.11 Å². The average Bonchev–Trinajstić information content (AvgIpc) is 1.90. The number of carbonyl (C=O) groups excluding carboxylic acids is 1. The highest BCUT2D eigenvalue weighted by molar-refractivity contribution is 5.66. The molecule has 66 valence electrons. The zero-order valence-electron chi connectivity index (χ0n) is 7.17. The van der Waals surface area contributed by atoms with Crippen molar-refractivity contribution in [1.82, 2.24) is 0 Å². The van der Waals surface area contributed by atoms with Crippen LogP contribution in [0.2, 0.25) is 0 Å². The Morgan fingerprint density at radius 3 is 1.91 bits per heavy atom. The number of carbonyl (C=O) groups is 2. The normalized spacial score (nSPS) is 7.82. The molecule has 11 heavy (non-hydrogen) atoms. The first kappa shape index (κ1) is 12.8. The van der Waals surface area contributed by atoms with Crippen LogP contribution in [0.1, 0.15) is 39.5 Å². The molecule has 0 bridgehead atoms. The summed E-state index contributed by atoms with van der Waals surface area (Å²) in [6, 6.07) is 0. The molecule has 3 heteroatoms. The Morgan fingerprint density at radius 1 is 1.36 bits per heavy atom. The van der Waals surface area contributed by atoms with Gasteiger partial charge in [0.2, 0.25) is 0 Å². The molecule has 0 aliphatic rings. The highest BCUT2D eigenvalue weighted by Crippen LogP contribution is 1.82. The van der Waals surface area contributed by atoms with E-state index in [9.17, 15) is 9.59 Å². The Labute approximate surface area is 67.4 Å². The third-order valence-electron chi connectivity index (χ3n) is 0.870. The standard InChI is InChI=1S/C4H8O2.C4H8O/c1-2-3-4(5)6;1-2-3-4-5/h2-3H2,1H3,(H,5,6);4H,2-3H2,1H3. The molecule has 0 heterocycles. The van der Waals surface area contributed by atoms with Crippen LogP contribution in [-0.4, -0.2) is 17.4 Å². The van der Waals surface area contributed by atoms with E-state index < -0.39 is 5.97 Å². The monoisotopic (exact) mass is 160 g/mol. The lowest BCUT2D eigenvalue weighted by Crippen LogP contribution is -1.90. The van der Waals surface area contributed by atoms with Crippen LogP contribution in [0, 0.1) is 0 Å². The number of carboxylic acid groups (broad SMARTS) is 1. The predicted molar refractivity (Wildman–Crippen MR) is 43.5 cm³/mol. The molecule has 0 unspecified atom stereocenters. The molecule has 0 radical (unpaired) electrons. The van der Waals surface area contributed by atoms with Gasteiger partial charge in [0.05, 0.1) is 0 Å². The molecule has 0 aliphatic heterocycles. The van der Waals surface area contributed by atoms with E-state index in [1.54, 1.807) is 0 Å². The third-order valence-corrected chi connectivity index (χ3v) is 0.870. The molecule has 0 aliphatic carbocycles. The lowest BCUT2D eigenvalue weighted by atomic mass is 10.4. The Hall–Kier alpha value is -0.860. The fourth-order valence-electron chi connectivity index (χ4n) is 0.332. The maximum Gasteiger partial charge on any atom is 0.303 e. The van der Waals surface area contributed by atoms with Crippen molar-refractivity contribution in [1.29, 1.82) is 0 Å². The van der Waals surface area contributed by atoms with Crippen LogP contribution in [0.4, 0.5) is 0 Å². The van der Waals surface area contributed by atoms with Gasteiger partial charge in [-0.25, -0.2) is 0 Å². The van der Waals surface area contributed by atoms with E-state index in [-0.39, 0.29) is 0 Å². The Balaban J connectivity index is 0. The van der Waals surface area contributed by atoms with Gasteiger partial charge in [-0.1, -0.05) is 13.8 Å². The van der Waals surface area contributed by atoms with Gasteiger partial charge in [0.25, 0.3) is 0 Å². The molecule has 1 N–H and O–H groups in total. The highest BCUT2D eigenvalue weighted by Gasteiger charge is 1.87. The second kappa shape index (κ2) is 11.9. The molecule has 0 aromatic carbocycles. The molecular formula is C8H16O3. The molecule has 3 nitrogen and oxygen atoms in total. The minimum absolute atomic E-state index is 0.292. The molecule has 0 aromatic rings. The summed E-state index contributed by atoms with van der Waals surface area (Å²) in [5.74, 6) is -0.711.